The SMILES string of the molecule is CN[C@H](C)C(C)CCO. The van der Waals surface area contributed by atoms with Crippen LogP contribution in [0.15, 0.2) is 0 Å². The molecule has 0 heterocycles. The zero-order chi connectivity index (χ0) is 7.28. The van der Waals surface area contributed by atoms with Gasteiger partial charge >= 0.3 is 0 Å². The fraction of sp³-hybridized carbons (Fsp3) is 1.00. The molecule has 0 aliphatic rings. The van der Waals surface area contributed by atoms with Crippen LogP contribution < -0.4 is 5.32 Å². The molecular formula is C7H17NO. The largest absolute Gasteiger partial charge is 0.396 e. The maximum absolute atomic E-state index is 8.55. The molecule has 0 aromatic carbocycles. The van der Waals surface area contributed by atoms with Crippen molar-refractivity contribution in [3.8, 4) is 0 Å². The predicted molar refractivity (Wildman–Crippen MR) is 39.4 cm³/mol. The molecule has 0 aromatic heterocycles. The Morgan fingerprint density at radius 1 is 1.44 bits per heavy atom. The number of rotatable bonds is 4. The molecular weight excluding hydrogens is 114 g/mol. The second kappa shape index (κ2) is 4.77. The summed E-state index contributed by atoms with van der Waals surface area (Å²) >= 11 is 0. The predicted octanol–water partition coefficient (Wildman–Crippen LogP) is 0.613. The normalized spacial score (nSPS) is 17.3. The van der Waals surface area contributed by atoms with Crippen LogP contribution in [-0.2, 0) is 0 Å². The summed E-state index contributed by atoms with van der Waals surface area (Å²) in [6.07, 6.45) is 0.891. The van der Waals surface area contributed by atoms with E-state index in [1.807, 2.05) is 7.05 Å². The Bertz CT molecular complexity index is 65.9. The summed E-state index contributed by atoms with van der Waals surface area (Å²) in [4.78, 5) is 0. The summed E-state index contributed by atoms with van der Waals surface area (Å²) in [5.74, 6) is 0.569. The highest BCUT2D eigenvalue weighted by atomic mass is 16.3. The molecule has 56 valence electrons. The van der Waals surface area contributed by atoms with Gasteiger partial charge in [0, 0.05) is 12.6 Å². The van der Waals surface area contributed by atoms with E-state index < -0.39 is 0 Å². The first-order valence-electron chi connectivity index (χ1n) is 3.50. The van der Waals surface area contributed by atoms with E-state index in [-0.39, 0.29) is 0 Å². The summed E-state index contributed by atoms with van der Waals surface area (Å²) in [6.45, 7) is 4.56. The first-order valence-corrected chi connectivity index (χ1v) is 3.50. The molecule has 2 heteroatoms. The van der Waals surface area contributed by atoms with Crippen LogP contribution >= 0.6 is 0 Å². The Labute approximate surface area is 57.3 Å². The molecule has 0 radical (unpaired) electrons. The molecule has 0 saturated carbocycles. The van der Waals surface area contributed by atoms with Crippen molar-refractivity contribution >= 4 is 0 Å². The van der Waals surface area contributed by atoms with Crippen molar-refractivity contribution in [1.82, 2.24) is 5.32 Å². The lowest BCUT2D eigenvalue weighted by Gasteiger charge is -2.17. The van der Waals surface area contributed by atoms with Gasteiger partial charge in [-0.25, -0.2) is 0 Å². The van der Waals surface area contributed by atoms with Gasteiger partial charge < -0.3 is 10.4 Å². The van der Waals surface area contributed by atoms with Gasteiger partial charge in [-0.3, -0.25) is 0 Å². The van der Waals surface area contributed by atoms with Crippen molar-refractivity contribution < 1.29 is 5.11 Å². The molecule has 2 nitrogen and oxygen atoms in total. The number of nitrogens with one attached hydrogen (secondary N) is 1. The number of hydrogen-bond acceptors (Lipinski definition) is 2. The van der Waals surface area contributed by atoms with Gasteiger partial charge in [-0.05, 0) is 26.3 Å². The molecule has 0 bridgehead atoms. The number of aliphatic hydroxyl groups excluding tert-OH is 1. The maximum atomic E-state index is 8.55. The minimum absolute atomic E-state index is 0.299. The van der Waals surface area contributed by atoms with Crippen molar-refractivity contribution in [3.05, 3.63) is 0 Å². The fourth-order valence-electron chi connectivity index (χ4n) is 0.738. The topological polar surface area (TPSA) is 32.3 Å². The molecule has 0 amide bonds. The van der Waals surface area contributed by atoms with Crippen LogP contribution in [0.4, 0.5) is 0 Å². The van der Waals surface area contributed by atoms with Crippen LogP contribution in [0.2, 0.25) is 0 Å². The van der Waals surface area contributed by atoms with E-state index in [0.717, 1.165) is 6.42 Å². The van der Waals surface area contributed by atoms with Crippen molar-refractivity contribution in [2.75, 3.05) is 13.7 Å². The Morgan fingerprint density at radius 3 is 2.33 bits per heavy atom. The van der Waals surface area contributed by atoms with Crippen LogP contribution in [0.1, 0.15) is 20.3 Å². The Balaban J connectivity index is 3.32. The quantitative estimate of drug-likeness (QED) is 0.586. The second-order valence-electron chi connectivity index (χ2n) is 2.57. The zero-order valence-corrected chi connectivity index (χ0v) is 6.52. The Hall–Kier alpha value is -0.0800. The molecule has 0 rings (SSSR count). The van der Waals surface area contributed by atoms with Gasteiger partial charge in [-0.2, -0.15) is 0 Å². The van der Waals surface area contributed by atoms with Crippen LogP contribution in [-0.4, -0.2) is 24.8 Å². The average Bonchev–Trinajstić information content (AvgIpc) is 1.87. The third-order valence-corrected chi connectivity index (χ3v) is 1.89. The lowest BCUT2D eigenvalue weighted by atomic mass is 10.0. The van der Waals surface area contributed by atoms with Crippen LogP contribution in [0.5, 0.6) is 0 Å². The van der Waals surface area contributed by atoms with Crippen LogP contribution in [0, 0.1) is 5.92 Å². The molecule has 2 atom stereocenters. The highest BCUT2D eigenvalue weighted by molar-refractivity contribution is 4.64. The highest BCUT2D eigenvalue weighted by Crippen LogP contribution is 2.05. The first-order chi connectivity index (χ1) is 4.22. The average molecular weight is 131 g/mol. The fourth-order valence-corrected chi connectivity index (χ4v) is 0.738. The molecule has 2 N–H and O–H groups in total. The van der Waals surface area contributed by atoms with E-state index in [2.05, 4.69) is 19.2 Å². The van der Waals surface area contributed by atoms with Gasteiger partial charge in [-0.15, -0.1) is 0 Å². The summed E-state index contributed by atoms with van der Waals surface area (Å²) in [7, 11) is 1.94. The van der Waals surface area contributed by atoms with Gasteiger partial charge in [0.1, 0.15) is 0 Å². The van der Waals surface area contributed by atoms with Gasteiger partial charge in [0.05, 0.1) is 0 Å². The van der Waals surface area contributed by atoms with Gasteiger partial charge in [0.15, 0.2) is 0 Å². The van der Waals surface area contributed by atoms with Crippen molar-refractivity contribution in [3.63, 3.8) is 0 Å². The van der Waals surface area contributed by atoms with E-state index >= 15 is 0 Å². The monoisotopic (exact) mass is 131 g/mol. The molecule has 0 aliphatic carbocycles. The lowest BCUT2D eigenvalue weighted by Crippen LogP contribution is -2.29. The van der Waals surface area contributed by atoms with Crippen LogP contribution in [0.25, 0.3) is 0 Å². The van der Waals surface area contributed by atoms with Gasteiger partial charge in [-0.1, -0.05) is 6.92 Å². The van der Waals surface area contributed by atoms with E-state index in [4.69, 9.17) is 5.11 Å². The summed E-state index contributed by atoms with van der Waals surface area (Å²) in [6, 6.07) is 0.511. The number of hydrogen-bond donors (Lipinski definition) is 2. The summed E-state index contributed by atoms with van der Waals surface area (Å²) in [5.41, 5.74) is 0. The molecule has 0 aliphatic heterocycles. The van der Waals surface area contributed by atoms with E-state index in [1.165, 1.54) is 0 Å². The maximum Gasteiger partial charge on any atom is 0.0434 e. The first kappa shape index (κ1) is 8.92. The lowest BCUT2D eigenvalue weighted by molar-refractivity contribution is 0.246. The van der Waals surface area contributed by atoms with Crippen molar-refractivity contribution in [2.24, 2.45) is 5.92 Å². The second-order valence-corrected chi connectivity index (χ2v) is 2.57. The van der Waals surface area contributed by atoms with Gasteiger partial charge in [0.2, 0.25) is 0 Å². The number of aliphatic hydroxyl groups is 1. The van der Waals surface area contributed by atoms with E-state index in [9.17, 15) is 0 Å². The van der Waals surface area contributed by atoms with Crippen LogP contribution in [0.3, 0.4) is 0 Å². The Kier molecular flexibility index (Phi) is 4.72. The highest BCUT2D eigenvalue weighted by Gasteiger charge is 2.07. The van der Waals surface area contributed by atoms with E-state index in [0.29, 0.717) is 18.6 Å². The molecule has 0 saturated heterocycles. The molecule has 0 spiro atoms. The van der Waals surface area contributed by atoms with E-state index in [1.54, 1.807) is 0 Å². The molecule has 0 aromatic rings. The molecule has 0 fully saturated rings. The zero-order valence-electron chi connectivity index (χ0n) is 6.52. The summed E-state index contributed by atoms with van der Waals surface area (Å²) < 4.78 is 0. The Morgan fingerprint density at radius 2 is 2.00 bits per heavy atom. The minimum atomic E-state index is 0.299. The smallest absolute Gasteiger partial charge is 0.0434 e. The molecule has 9 heavy (non-hydrogen) atoms. The third-order valence-electron chi connectivity index (χ3n) is 1.89. The summed E-state index contributed by atoms with van der Waals surface area (Å²) in [5, 5.41) is 11.7. The van der Waals surface area contributed by atoms with Crippen molar-refractivity contribution in [1.29, 1.82) is 0 Å². The van der Waals surface area contributed by atoms with Crippen molar-refractivity contribution in [2.45, 2.75) is 26.3 Å². The third kappa shape index (κ3) is 3.49. The standard InChI is InChI=1S/C7H17NO/c1-6(4-5-9)7(2)8-3/h6-9H,4-5H2,1-3H3/t6?,7-/m1/s1. The molecule has 1 unspecified atom stereocenters. The minimum Gasteiger partial charge on any atom is -0.396 e. The van der Waals surface area contributed by atoms with Gasteiger partial charge in [0.25, 0.3) is 0 Å².